The van der Waals surface area contributed by atoms with Gasteiger partial charge in [-0.15, -0.1) is 0 Å². The summed E-state index contributed by atoms with van der Waals surface area (Å²) in [6.45, 7) is 13.8. The first-order valence-electron chi connectivity index (χ1n) is 12.1. The number of imidazole rings is 1. The molecule has 0 bridgehead atoms. The Hall–Kier alpha value is -2.62. The van der Waals surface area contributed by atoms with Crippen LogP contribution in [-0.2, 0) is 32.6 Å². The molecule has 0 spiro atoms. The van der Waals surface area contributed by atoms with Crippen molar-refractivity contribution in [2.75, 3.05) is 11.3 Å². The molecule has 1 aliphatic heterocycles. The average Bonchev–Trinajstić information content (AvgIpc) is 3.08. The number of nitrogens with zero attached hydrogens (tertiary/aromatic N) is 2. The zero-order valence-corrected chi connectivity index (χ0v) is 22.1. The molecule has 35 heavy (non-hydrogen) atoms. The van der Waals surface area contributed by atoms with E-state index in [-0.39, 0.29) is 22.1 Å². The Morgan fingerprint density at radius 3 is 2.40 bits per heavy atom. The van der Waals surface area contributed by atoms with Gasteiger partial charge >= 0.3 is 5.69 Å². The number of fused-ring (bicyclic) bond motifs is 1. The van der Waals surface area contributed by atoms with Crippen molar-refractivity contribution in [3.8, 4) is 0 Å². The van der Waals surface area contributed by atoms with Crippen molar-refractivity contribution in [3.63, 3.8) is 0 Å². The monoisotopic (exact) mass is 501 g/mol. The molecule has 2 heterocycles. The van der Waals surface area contributed by atoms with Crippen LogP contribution in [0.1, 0.15) is 53.4 Å². The zero-order valence-electron chi connectivity index (χ0n) is 21.2. The van der Waals surface area contributed by atoms with Crippen molar-refractivity contribution < 1.29 is 17.9 Å². The smallest absolute Gasteiger partial charge is 0.329 e. The standard InChI is InChI=1S/C26H35N3O5S/c1-7-28-21-13-12-20(15-22(21)29(8-2)25(28)30)35(31,32)27-19-11-9-10-18(14-19)24-33-16-26(5,6)23(34-24)17(3)4/h9-15,17,23-24,27H,7-8,16H2,1-6H3/t23-,24+/m0/s1. The first kappa shape index (κ1) is 25.5. The maximum atomic E-state index is 13.3. The number of aryl methyl sites for hydroxylation is 2. The molecule has 2 atom stereocenters. The van der Waals surface area contributed by atoms with Crippen molar-refractivity contribution in [2.45, 2.75) is 71.9 Å². The van der Waals surface area contributed by atoms with Gasteiger partial charge in [-0.2, -0.15) is 0 Å². The summed E-state index contributed by atoms with van der Waals surface area (Å²) in [5.41, 5.74) is 2.23. The molecule has 4 rings (SSSR count). The summed E-state index contributed by atoms with van der Waals surface area (Å²) in [7, 11) is -3.89. The summed E-state index contributed by atoms with van der Waals surface area (Å²) in [6, 6.07) is 11.9. The Labute approximate surface area is 206 Å². The van der Waals surface area contributed by atoms with Gasteiger partial charge in [0.15, 0.2) is 6.29 Å². The highest BCUT2D eigenvalue weighted by atomic mass is 32.2. The summed E-state index contributed by atoms with van der Waals surface area (Å²) in [4.78, 5) is 12.7. The van der Waals surface area contributed by atoms with Gasteiger partial charge in [-0.25, -0.2) is 13.2 Å². The fourth-order valence-electron chi connectivity index (χ4n) is 5.00. The van der Waals surface area contributed by atoms with E-state index in [0.29, 0.717) is 36.8 Å². The van der Waals surface area contributed by atoms with Crippen molar-refractivity contribution in [1.29, 1.82) is 0 Å². The van der Waals surface area contributed by atoms with Crippen molar-refractivity contribution in [3.05, 3.63) is 58.5 Å². The van der Waals surface area contributed by atoms with E-state index in [1.807, 2.05) is 19.9 Å². The number of sulfonamides is 1. The molecule has 2 aromatic carbocycles. The van der Waals surface area contributed by atoms with Crippen LogP contribution >= 0.6 is 0 Å². The second kappa shape index (κ2) is 9.44. The molecule has 0 aliphatic carbocycles. The Morgan fingerprint density at radius 2 is 1.74 bits per heavy atom. The van der Waals surface area contributed by atoms with Crippen molar-refractivity contribution in [1.82, 2.24) is 9.13 Å². The number of nitrogens with one attached hydrogen (secondary N) is 1. The number of ether oxygens (including phenoxy) is 2. The molecule has 1 fully saturated rings. The molecule has 0 unspecified atom stereocenters. The van der Waals surface area contributed by atoms with Gasteiger partial charge in [-0.05, 0) is 50.1 Å². The van der Waals surface area contributed by atoms with Crippen molar-refractivity contribution in [2.24, 2.45) is 11.3 Å². The summed E-state index contributed by atoms with van der Waals surface area (Å²) in [5.74, 6) is 0.316. The maximum absolute atomic E-state index is 13.3. The Kier molecular flexibility index (Phi) is 6.87. The lowest BCUT2D eigenvalue weighted by Crippen LogP contribution is -2.45. The zero-order chi connectivity index (χ0) is 25.5. The lowest BCUT2D eigenvalue weighted by atomic mass is 9.80. The molecule has 8 nitrogen and oxygen atoms in total. The van der Waals surface area contributed by atoms with Gasteiger partial charge in [0.2, 0.25) is 0 Å². The largest absolute Gasteiger partial charge is 0.348 e. The molecule has 1 N–H and O–H groups in total. The fourth-order valence-corrected chi connectivity index (χ4v) is 6.07. The summed E-state index contributed by atoms with van der Waals surface area (Å²) in [6.07, 6.45) is -0.552. The van der Waals surface area contributed by atoms with E-state index in [0.717, 1.165) is 11.1 Å². The quantitative estimate of drug-likeness (QED) is 0.505. The molecule has 0 amide bonds. The van der Waals surface area contributed by atoms with E-state index in [4.69, 9.17) is 9.47 Å². The first-order chi connectivity index (χ1) is 16.5. The second-order valence-electron chi connectivity index (χ2n) is 10.1. The number of benzene rings is 2. The van der Waals surface area contributed by atoms with E-state index in [1.165, 1.54) is 6.07 Å². The Balaban J connectivity index is 1.62. The highest BCUT2D eigenvalue weighted by Crippen LogP contribution is 2.40. The van der Waals surface area contributed by atoms with Crippen LogP contribution in [0.3, 0.4) is 0 Å². The van der Waals surface area contributed by atoms with Gasteiger partial charge < -0.3 is 9.47 Å². The third-order valence-electron chi connectivity index (χ3n) is 6.60. The van der Waals surface area contributed by atoms with Gasteiger partial charge in [-0.3, -0.25) is 13.9 Å². The third kappa shape index (κ3) is 4.77. The van der Waals surface area contributed by atoms with Gasteiger partial charge in [0.05, 0.1) is 28.6 Å². The number of rotatable bonds is 7. The van der Waals surface area contributed by atoms with Gasteiger partial charge in [0.25, 0.3) is 10.0 Å². The van der Waals surface area contributed by atoms with Gasteiger partial charge in [0.1, 0.15) is 0 Å². The predicted molar refractivity (Wildman–Crippen MR) is 137 cm³/mol. The van der Waals surface area contributed by atoms with Crippen LogP contribution < -0.4 is 10.4 Å². The minimum absolute atomic E-state index is 0.0138. The molecule has 0 radical (unpaired) electrons. The molecule has 190 valence electrons. The van der Waals surface area contributed by atoms with E-state index >= 15 is 0 Å². The molecule has 1 saturated heterocycles. The number of hydrogen-bond acceptors (Lipinski definition) is 5. The minimum Gasteiger partial charge on any atom is -0.348 e. The third-order valence-corrected chi connectivity index (χ3v) is 7.98. The second-order valence-corrected chi connectivity index (χ2v) is 11.8. The predicted octanol–water partition coefficient (Wildman–Crippen LogP) is 4.74. The SMILES string of the molecule is CCn1c(=O)n(CC)c2cc(S(=O)(=O)Nc3cccc([C@@H]4OCC(C)(C)[C@H](C(C)C)O4)c3)ccc21. The van der Waals surface area contributed by atoms with E-state index < -0.39 is 16.3 Å². The number of anilines is 1. The Bertz CT molecular complexity index is 1390. The Morgan fingerprint density at radius 1 is 1.06 bits per heavy atom. The number of hydrogen-bond donors (Lipinski definition) is 1. The van der Waals surface area contributed by atoms with Crippen LogP contribution in [0, 0.1) is 11.3 Å². The molecule has 3 aromatic rings. The van der Waals surface area contributed by atoms with Crippen LogP contribution in [0.15, 0.2) is 52.2 Å². The van der Waals surface area contributed by atoms with Gasteiger partial charge in [-0.1, -0.05) is 39.8 Å². The van der Waals surface area contributed by atoms with Crippen LogP contribution in [0.4, 0.5) is 5.69 Å². The highest BCUT2D eigenvalue weighted by Gasteiger charge is 2.40. The topological polar surface area (TPSA) is 91.6 Å². The lowest BCUT2D eigenvalue weighted by molar-refractivity contribution is -0.274. The fraction of sp³-hybridized carbons (Fsp3) is 0.500. The molecular weight excluding hydrogens is 466 g/mol. The number of aromatic nitrogens is 2. The van der Waals surface area contributed by atoms with Crippen LogP contribution in [-0.4, -0.2) is 30.3 Å². The summed E-state index contributed by atoms with van der Waals surface area (Å²) in [5, 5.41) is 0. The van der Waals surface area contributed by atoms with Crippen molar-refractivity contribution >= 4 is 26.7 Å². The summed E-state index contributed by atoms with van der Waals surface area (Å²) >= 11 is 0. The average molecular weight is 502 g/mol. The molecular formula is C26H35N3O5S. The van der Waals surface area contributed by atoms with E-state index in [1.54, 1.807) is 39.5 Å². The molecule has 9 heteroatoms. The molecule has 1 aromatic heterocycles. The van der Waals surface area contributed by atoms with Crippen LogP contribution in [0.25, 0.3) is 11.0 Å². The minimum atomic E-state index is -3.89. The molecule has 1 aliphatic rings. The molecule has 0 saturated carbocycles. The maximum Gasteiger partial charge on any atom is 0.329 e. The van der Waals surface area contributed by atoms with Gasteiger partial charge in [0, 0.05) is 29.8 Å². The summed E-state index contributed by atoms with van der Waals surface area (Å²) < 4.78 is 44.7. The van der Waals surface area contributed by atoms with E-state index in [2.05, 4.69) is 32.4 Å². The lowest BCUT2D eigenvalue weighted by Gasteiger charge is -2.44. The van der Waals surface area contributed by atoms with Crippen LogP contribution in [0.5, 0.6) is 0 Å². The highest BCUT2D eigenvalue weighted by molar-refractivity contribution is 7.92. The van der Waals surface area contributed by atoms with Crippen LogP contribution in [0.2, 0.25) is 0 Å². The normalized spacial score (nSPS) is 20.4. The first-order valence-corrected chi connectivity index (χ1v) is 13.6. The van der Waals surface area contributed by atoms with E-state index in [9.17, 15) is 13.2 Å².